The number of ether oxygens (including phenoxy) is 1. The van der Waals surface area contributed by atoms with Gasteiger partial charge in [0.25, 0.3) is 0 Å². The summed E-state index contributed by atoms with van der Waals surface area (Å²) in [6, 6.07) is 16.7. The minimum Gasteiger partial charge on any atom is -0.508 e. The Hall–Kier alpha value is -3.34. The second kappa shape index (κ2) is 7.59. The maximum absolute atomic E-state index is 13.3. The van der Waals surface area contributed by atoms with Crippen LogP contribution in [-0.2, 0) is 14.3 Å². The van der Waals surface area contributed by atoms with E-state index in [2.05, 4.69) is 11.9 Å². The molecule has 5 heteroatoms. The number of carbonyl (C=O) groups excluding carboxylic acids is 2. The van der Waals surface area contributed by atoms with E-state index in [0.29, 0.717) is 29.7 Å². The normalized spacial score (nSPS) is 24.0. The van der Waals surface area contributed by atoms with Gasteiger partial charge in [-0.1, -0.05) is 49.0 Å². The summed E-state index contributed by atoms with van der Waals surface area (Å²) in [4.78, 5) is 25.9. The highest BCUT2D eigenvalue weighted by Gasteiger charge is 2.45. The van der Waals surface area contributed by atoms with Crippen molar-refractivity contribution in [1.82, 2.24) is 5.32 Å². The molecule has 0 amide bonds. The molecule has 0 saturated heterocycles. The van der Waals surface area contributed by atoms with Crippen molar-refractivity contribution in [1.29, 1.82) is 0 Å². The summed E-state index contributed by atoms with van der Waals surface area (Å²) in [5.41, 5.74) is 3.70. The van der Waals surface area contributed by atoms with Crippen LogP contribution in [0.25, 0.3) is 0 Å². The second-order valence-corrected chi connectivity index (χ2v) is 7.55. The third kappa shape index (κ3) is 3.44. The van der Waals surface area contributed by atoms with Crippen molar-refractivity contribution < 1.29 is 19.4 Å². The monoisotopic (exact) mass is 389 g/mol. The number of rotatable bonds is 3. The summed E-state index contributed by atoms with van der Waals surface area (Å²) in [6.45, 7) is 4.06. The Morgan fingerprint density at radius 2 is 1.83 bits per heavy atom. The lowest BCUT2D eigenvalue weighted by Gasteiger charge is -2.40. The zero-order chi connectivity index (χ0) is 20.5. The van der Waals surface area contributed by atoms with Crippen LogP contribution in [-0.4, -0.2) is 24.0 Å². The van der Waals surface area contributed by atoms with Gasteiger partial charge < -0.3 is 15.2 Å². The van der Waals surface area contributed by atoms with E-state index in [-0.39, 0.29) is 17.5 Å². The number of ketones is 1. The first-order chi connectivity index (χ1) is 14.0. The van der Waals surface area contributed by atoms with Gasteiger partial charge in [-0.2, -0.15) is 0 Å². The van der Waals surface area contributed by atoms with Crippen LogP contribution in [0.4, 0.5) is 0 Å². The molecule has 3 atom stereocenters. The van der Waals surface area contributed by atoms with Crippen LogP contribution in [0.15, 0.2) is 78.1 Å². The number of hydrogen-bond donors (Lipinski definition) is 2. The fraction of sp³-hybridized carbons (Fsp3) is 0.250. The number of aromatic hydroxyl groups is 1. The molecule has 4 rings (SSSR count). The van der Waals surface area contributed by atoms with Crippen LogP contribution < -0.4 is 5.32 Å². The number of Topliss-reactive ketones (excluding diaryl/α,β-unsaturated/α-hetero) is 1. The van der Waals surface area contributed by atoms with Gasteiger partial charge in [0.1, 0.15) is 11.7 Å². The van der Waals surface area contributed by atoms with Crippen molar-refractivity contribution in [3.63, 3.8) is 0 Å². The maximum Gasteiger partial charge on any atom is 0.315 e. The first kappa shape index (κ1) is 19.0. The number of hydrogen-bond acceptors (Lipinski definition) is 5. The van der Waals surface area contributed by atoms with Gasteiger partial charge in [0.2, 0.25) is 0 Å². The lowest BCUT2D eigenvalue weighted by atomic mass is 9.69. The number of phenols is 1. The molecule has 0 aromatic heterocycles. The zero-order valence-corrected chi connectivity index (χ0v) is 16.2. The smallest absolute Gasteiger partial charge is 0.315 e. The third-order valence-corrected chi connectivity index (χ3v) is 5.79. The van der Waals surface area contributed by atoms with Gasteiger partial charge >= 0.3 is 5.97 Å². The molecular formula is C24H23NO4. The topological polar surface area (TPSA) is 75.6 Å². The van der Waals surface area contributed by atoms with Crippen molar-refractivity contribution in [3.8, 4) is 5.75 Å². The van der Waals surface area contributed by atoms with Crippen molar-refractivity contribution >= 4 is 11.8 Å². The molecule has 1 aliphatic carbocycles. The molecular weight excluding hydrogens is 366 g/mol. The SMILES string of the molecule is C=C1NC2=C(C(=O)CC(c3ccccc3)C2)C(c2cccc(O)c2)C1C(=O)OC. The molecule has 148 valence electrons. The number of carbonyl (C=O) groups is 2. The molecule has 0 fully saturated rings. The summed E-state index contributed by atoms with van der Waals surface area (Å²) in [5, 5.41) is 13.2. The van der Waals surface area contributed by atoms with Crippen LogP contribution in [0.2, 0.25) is 0 Å². The lowest BCUT2D eigenvalue weighted by molar-refractivity contribution is -0.144. The summed E-state index contributed by atoms with van der Waals surface area (Å²) in [7, 11) is 1.33. The molecule has 5 nitrogen and oxygen atoms in total. The molecule has 0 bridgehead atoms. The second-order valence-electron chi connectivity index (χ2n) is 7.55. The standard InChI is InChI=1S/C24H23NO4/c1-14-21(24(28)29-2)22(16-9-6-10-18(26)11-16)23-19(25-14)12-17(13-20(23)27)15-7-4-3-5-8-15/h3-11,17,21-22,25-26H,1,12-13H2,2H3. The zero-order valence-electron chi connectivity index (χ0n) is 16.2. The first-order valence-corrected chi connectivity index (χ1v) is 9.63. The van der Waals surface area contributed by atoms with Crippen molar-refractivity contribution in [2.45, 2.75) is 24.7 Å². The Labute approximate surface area is 169 Å². The average molecular weight is 389 g/mol. The van der Waals surface area contributed by atoms with Gasteiger partial charge in [-0.05, 0) is 35.6 Å². The summed E-state index contributed by atoms with van der Waals surface area (Å²) in [5.74, 6) is -1.58. The van der Waals surface area contributed by atoms with Gasteiger partial charge in [0.15, 0.2) is 5.78 Å². The van der Waals surface area contributed by atoms with E-state index in [0.717, 1.165) is 11.3 Å². The molecule has 0 saturated carbocycles. The van der Waals surface area contributed by atoms with Gasteiger partial charge in [-0.15, -0.1) is 0 Å². The van der Waals surface area contributed by atoms with E-state index in [9.17, 15) is 14.7 Å². The molecule has 1 aliphatic heterocycles. The van der Waals surface area contributed by atoms with Gasteiger partial charge in [-0.25, -0.2) is 0 Å². The number of methoxy groups -OCH3 is 1. The predicted molar refractivity (Wildman–Crippen MR) is 109 cm³/mol. The molecule has 2 aromatic rings. The first-order valence-electron chi connectivity index (χ1n) is 9.63. The van der Waals surface area contributed by atoms with E-state index in [1.807, 2.05) is 36.4 Å². The average Bonchev–Trinajstić information content (AvgIpc) is 2.72. The number of nitrogens with one attached hydrogen (secondary N) is 1. The molecule has 2 N–H and O–H groups in total. The molecule has 0 radical (unpaired) electrons. The number of benzene rings is 2. The predicted octanol–water partition coefficient (Wildman–Crippen LogP) is 3.78. The molecule has 2 aromatic carbocycles. The molecule has 2 aliphatic rings. The Bertz CT molecular complexity index is 1010. The van der Waals surface area contributed by atoms with E-state index >= 15 is 0 Å². The van der Waals surface area contributed by atoms with Gasteiger partial charge in [0.05, 0.1) is 7.11 Å². The minimum absolute atomic E-state index is 0.00217. The molecule has 3 unspecified atom stereocenters. The maximum atomic E-state index is 13.3. The van der Waals surface area contributed by atoms with Crippen molar-refractivity contribution in [2.75, 3.05) is 7.11 Å². The van der Waals surface area contributed by atoms with Gasteiger partial charge in [-0.3, -0.25) is 9.59 Å². The lowest BCUT2D eigenvalue weighted by Crippen LogP contribution is -2.42. The van der Waals surface area contributed by atoms with Crippen molar-refractivity contribution in [3.05, 3.63) is 89.3 Å². The summed E-state index contributed by atoms with van der Waals surface area (Å²) < 4.78 is 5.01. The van der Waals surface area contributed by atoms with Crippen LogP contribution in [0.1, 0.15) is 35.8 Å². The van der Waals surface area contributed by atoms with E-state index in [1.54, 1.807) is 18.2 Å². The Morgan fingerprint density at radius 1 is 1.10 bits per heavy atom. The van der Waals surface area contributed by atoms with E-state index in [1.165, 1.54) is 7.11 Å². The molecule has 29 heavy (non-hydrogen) atoms. The fourth-order valence-electron chi connectivity index (χ4n) is 4.49. The van der Waals surface area contributed by atoms with Crippen LogP contribution in [0.3, 0.4) is 0 Å². The quantitative estimate of drug-likeness (QED) is 0.782. The number of phenolic OH excluding ortho intramolecular Hbond substituents is 1. The van der Waals surface area contributed by atoms with E-state index < -0.39 is 17.8 Å². The largest absolute Gasteiger partial charge is 0.508 e. The Morgan fingerprint density at radius 3 is 2.52 bits per heavy atom. The summed E-state index contributed by atoms with van der Waals surface area (Å²) in [6.07, 6.45) is 1.04. The van der Waals surface area contributed by atoms with Crippen molar-refractivity contribution in [2.24, 2.45) is 5.92 Å². The van der Waals surface area contributed by atoms with E-state index in [4.69, 9.17) is 4.74 Å². The third-order valence-electron chi connectivity index (χ3n) is 5.79. The highest BCUT2D eigenvalue weighted by atomic mass is 16.5. The minimum atomic E-state index is -0.738. The number of allylic oxidation sites excluding steroid dienone is 2. The highest BCUT2D eigenvalue weighted by molar-refractivity contribution is 6.01. The Kier molecular flexibility index (Phi) is 4.97. The van der Waals surface area contributed by atoms with Gasteiger partial charge in [0, 0.05) is 29.3 Å². The highest BCUT2D eigenvalue weighted by Crippen LogP contribution is 2.47. The van der Waals surface area contributed by atoms with Crippen LogP contribution in [0, 0.1) is 5.92 Å². The van der Waals surface area contributed by atoms with Crippen LogP contribution >= 0.6 is 0 Å². The summed E-state index contributed by atoms with van der Waals surface area (Å²) >= 11 is 0. The fourth-order valence-corrected chi connectivity index (χ4v) is 4.49. The molecule has 1 heterocycles. The number of esters is 1. The molecule has 0 spiro atoms. The Balaban J connectivity index is 1.82. The van der Waals surface area contributed by atoms with Crippen LogP contribution in [0.5, 0.6) is 5.75 Å².